The van der Waals surface area contributed by atoms with Gasteiger partial charge in [0.1, 0.15) is 5.82 Å². The molecule has 1 heterocycles. The maximum atomic E-state index is 9.67. The Morgan fingerprint density at radius 1 is 1.07 bits per heavy atom. The van der Waals surface area contributed by atoms with Crippen LogP contribution in [0.25, 0.3) is 11.3 Å². The van der Waals surface area contributed by atoms with Gasteiger partial charge in [0.25, 0.3) is 0 Å². The van der Waals surface area contributed by atoms with Gasteiger partial charge in [-0.1, -0.05) is 60.7 Å². The third-order valence-electron chi connectivity index (χ3n) is 4.37. The van der Waals surface area contributed by atoms with Crippen LogP contribution in [0.5, 0.6) is 0 Å². The van der Waals surface area contributed by atoms with E-state index in [2.05, 4.69) is 25.6 Å². The van der Waals surface area contributed by atoms with E-state index in [4.69, 9.17) is 0 Å². The molecule has 0 spiro atoms. The van der Waals surface area contributed by atoms with Crippen LogP contribution in [0, 0.1) is 0 Å². The number of aliphatic imine (C=N–C) groups is 1. The average Bonchev–Trinajstić information content (AvgIpc) is 3.21. The molecule has 1 unspecified atom stereocenters. The van der Waals surface area contributed by atoms with Gasteiger partial charge in [-0.2, -0.15) is 0 Å². The van der Waals surface area contributed by atoms with Gasteiger partial charge in [0.15, 0.2) is 5.96 Å². The van der Waals surface area contributed by atoms with Gasteiger partial charge in [-0.3, -0.25) is 4.99 Å². The topological polar surface area (TPSA) is 85.3 Å². The summed E-state index contributed by atoms with van der Waals surface area (Å²) < 4.78 is 0. The summed E-state index contributed by atoms with van der Waals surface area (Å²) in [4.78, 5) is 12.0. The largest absolute Gasteiger partial charge is 0.396 e. The predicted molar refractivity (Wildman–Crippen MR) is 124 cm³/mol. The summed E-state index contributed by atoms with van der Waals surface area (Å²) in [5.74, 6) is 1.51. The van der Waals surface area contributed by atoms with Crippen LogP contribution in [-0.4, -0.2) is 41.2 Å². The van der Waals surface area contributed by atoms with Gasteiger partial charge < -0.3 is 20.7 Å². The van der Waals surface area contributed by atoms with Crippen molar-refractivity contribution in [1.82, 2.24) is 20.6 Å². The van der Waals surface area contributed by atoms with Crippen molar-refractivity contribution >= 4 is 29.9 Å². The number of nitrogens with one attached hydrogen (secondary N) is 3. The highest BCUT2D eigenvalue weighted by molar-refractivity contribution is 14.0. The number of H-pyrrole nitrogens is 1. The molecule has 0 bridgehead atoms. The van der Waals surface area contributed by atoms with E-state index in [1.807, 2.05) is 66.9 Å². The lowest BCUT2D eigenvalue weighted by molar-refractivity contribution is 0.265. The van der Waals surface area contributed by atoms with Crippen molar-refractivity contribution in [3.05, 3.63) is 78.2 Å². The van der Waals surface area contributed by atoms with Crippen molar-refractivity contribution in [1.29, 1.82) is 0 Å². The molecule has 0 radical (unpaired) electrons. The lowest BCUT2D eigenvalue weighted by Crippen LogP contribution is -2.39. The van der Waals surface area contributed by atoms with E-state index in [9.17, 15) is 5.11 Å². The second-order valence-electron chi connectivity index (χ2n) is 6.21. The Bertz CT molecular complexity index is 852. The zero-order chi connectivity index (χ0) is 18.9. The van der Waals surface area contributed by atoms with Crippen LogP contribution in [0.4, 0.5) is 0 Å². The number of imidazole rings is 1. The molecule has 0 aliphatic heterocycles. The predicted octanol–water partition coefficient (Wildman–Crippen LogP) is 3.14. The molecule has 0 saturated carbocycles. The third kappa shape index (κ3) is 6.07. The molecule has 4 N–H and O–H groups in total. The highest BCUT2D eigenvalue weighted by atomic mass is 127. The SMILES string of the molecule is CN=C(NCc1ncc(-c2ccccc2)[nH]1)NCC(CO)c1ccccc1.I. The Hall–Kier alpha value is -2.39. The number of rotatable bonds is 7. The second-order valence-corrected chi connectivity index (χ2v) is 6.21. The first kappa shape index (κ1) is 21.9. The molecule has 28 heavy (non-hydrogen) atoms. The minimum absolute atomic E-state index is 0. The van der Waals surface area contributed by atoms with Crippen molar-refractivity contribution in [3.63, 3.8) is 0 Å². The molecule has 1 aromatic heterocycles. The molecule has 7 heteroatoms. The summed E-state index contributed by atoms with van der Waals surface area (Å²) in [7, 11) is 1.73. The zero-order valence-electron chi connectivity index (χ0n) is 15.8. The lowest BCUT2D eigenvalue weighted by Gasteiger charge is -2.17. The Balaban J connectivity index is 0.00000280. The summed E-state index contributed by atoms with van der Waals surface area (Å²) in [5, 5.41) is 16.2. The van der Waals surface area contributed by atoms with Crippen molar-refractivity contribution in [2.45, 2.75) is 12.5 Å². The molecule has 2 aromatic carbocycles. The molecule has 0 aliphatic carbocycles. The molecule has 0 amide bonds. The fourth-order valence-electron chi connectivity index (χ4n) is 2.84. The number of aliphatic hydroxyl groups excluding tert-OH is 1. The minimum Gasteiger partial charge on any atom is -0.396 e. The molecule has 148 valence electrons. The van der Waals surface area contributed by atoms with Crippen LogP contribution in [0.2, 0.25) is 0 Å². The zero-order valence-corrected chi connectivity index (χ0v) is 18.1. The van der Waals surface area contributed by atoms with Crippen molar-refractivity contribution in [2.24, 2.45) is 4.99 Å². The molecule has 0 fully saturated rings. The Kier molecular flexibility index (Phi) is 8.96. The number of aromatic nitrogens is 2. The quantitative estimate of drug-likeness (QED) is 0.233. The highest BCUT2D eigenvalue weighted by Gasteiger charge is 2.11. The Labute approximate surface area is 182 Å². The third-order valence-corrected chi connectivity index (χ3v) is 4.37. The summed E-state index contributed by atoms with van der Waals surface area (Å²) in [6, 6.07) is 20.1. The number of benzene rings is 2. The van der Waals surface area contributed by atoms with Crippen LogP contribution in [0.3, 0.4) is 0 Å². The highest BCUT2D eigenvalue weighted by Crippen LogP contribution is 2.16. The van der Waals surface area contributed by atoms with Crippen molar-refractivity contribution in [3.8, 4) is 11.3 Å². The van der Waals surface area contributed by atoms with Gasteiger partial charge in [0, 0.05) is 19.5 Å². The minimum atomic E-state index is 0. The van der Waals surface area contributed by atoms with E-state index < -0.39 is 0 Å². The first-order valence-corrected chi connectivity index (χ1v) is 8.99. The van der Waals surface area contributed by atoms with E-state index >= 15 is 0 Å². The second kappa shape index (κ2) is 11.5. The van der Waals surface area contributed by atoms with Gasteiger partial charge in [-0.05, 0) is 11.1 Å². The normalized spacial score (nSPS) is 12.1. The Morgan fingerprint density at radius 3 is 2.39 bits per heavy atom. The molecule has 1 atom stereocenters. The van der Waals surface area contributed by atoms with Crippen LogP contribution in [0.15, 0.2) is 71.9 Å². The lowest BCUT2D eigenvalue weighted by atomic mass is 10.0. The first-order valence-electron chi connectivity index (χ1n) is 8.99. The fourth-order valence-corrected chi connectivity index (χ4v) is 2.84. The fraction of sp³-hybridized carbons (Fsp3) is 0.238. The first-order chi connectivity index (χ1) is 13.3. The number of halogens is 1. The van der Waals surface area contributed by atoms with Gasteiger partial charge >= 0.3 is 0 Å². The molecule has 0 aliphatic rings. The monoisotopic (exact) mass is 491 g/mol. The van der Waals surface area contributed by atoms with Crippen LogP contribution in [0.1, 0.15) is 17.3 Å². The van der Waals surface area contributed by atoms with E-state index in [1.165, 1.54) is 0 Å². The number of aliphatic hydroxyl groups is 1. The van der Waals surface area contributed by atoms with E-state index in [0.717, 1.165) is 22.6 Å². The average molecular weight is 491 g/mol. The molecule has 3 rings (SSSR count). The smallest absolute Gasteiger partial charge is 0.191 e. The molecular weight excluding hydrogens is 465 g/mol. The molecule has 3 aromatic rings. The van der Waals surface area contributed by atoms with E-state index in [1.54, 1.807) is 7.05 Å². The number of nitrogens with zero attached hydrogens (tertiary/aromatic N) is 2. The summed E-state index contributed by atoms with van der Waals surface area (Å²) in [5.41, 5.74) is 3.19. The van der Waals surface area contributed by atoms with Gasteiger partial charge in [-0.15, -0.1) is 24.0 Å². The maximum absolute atomic E-state index is 9.67. The number of hydrogen-bond donors (Lipinski definition) is 4. The summed E-state index contributed by atoms with van der Waals surface area (Å²) in [6.45, 7) is 1.20. The molecule has 0 saturated heterocycles. The van der Waals surface area contributed by atoms with Crippen LogP contribution < -0.4 is 10.6 Å². The standard InChI is InChI=1S/C21H25N5O.HI/c1-22-21(24-12-18(15-27)16-8-4-2-5-9-16)25-14-20-23-13-19(26-20)17-10-6-3-7-11-17;/h2-11,13,18,27H,12,14-15H2,1H3,(H,23,26)(H2,22,24,25);1H. The van der Waals surface area contributed by atoms with E-state index in [-0.39, 0.29) is 36.5 Å². The van der Waals surface area contributed by atoms with Gasteiger partial charge in [-0.25, -0.2) is 4.98 Å². The van der Waals surface area contributed by atoms with Gasteiger partial charge in [0.2, 0.25) is 0 Å². The summed E-state index contributed by atoms with van der Waals surface area (Å²) in [6.07, 6.45) is 1.83. The molecule has 6 nitrogen and oxygen atoms in total. The van der Waals surface area contributed by atoms with Gasteiger partial charge in [0.05, 0.1) is 25.0 Å². The molecular formula is C21H26IN5O. The van der Waals surface area contributed by atoms with E-state index in [0.29, 0.717) is 19.0 Å². The Morgan fingerprint density at radius 2 is 1.75 bits per heavy atom. The number of guanidine groups is 1. The summed E-state index contributed by atoms with van der Waals surface area (Å²) >= 11 is 0. The van der Waals surface area contributed by atoms with Crippen molar-refractivity contribution < 1.29 is 5.11 Å². The van der Waals surface area contributed by atoms with Crippen LogP contribution in [-0.2, 0) is 6.54 Å². The number of aromatic amines is 1. The maximum Gasteiger partial charge on any atom is 0.191 e. The van der Waals surface area contributed by atoms with Crippen molar-refractivity contribution in [2.75, 3.05) is 20.2 Å². The van der Waals surface area contributed by atoms with Crippen LogP contribution >= 0.6 is 24.0 Å². The number of hydrogen-bond acceptors (Lipinski definition) is 3.